The van der Waals surface area contributed by atoms with E-state index in [2.05, 4.69) is 6.07 Å². The van der Waals surface area contributed by atoms with Crippen molar-refractivity contribution in [3.8, 4) is 28.8 Å². The summed E-state index contributed by atoms with van der Waals surface area (Å²) in [6.07, 6.45) is 3.05. The minimum absolute atomic E-state index is 0.0805. The van der Waals surface area contributed by atoms with Crippen molar-refractivity contribution >= 4 is 10.9 Å². The van der Waals surface area contributed by atoms with Gasteiger partial charge in [0.1, 0.15) is 5.69 Å². The van der Waals surface area contributed by atoms with Crippen LogP contribution in [-0.2, 0) is 4.74 Å². The molecule has 1 atom stereocenters. The van der Waals surface area contributed by atoms with Gasteiger partial charge in [0, 0.05) is 17.6 Å². The van der Waals surface area contributed by atoms with Crippen molar-refractivity contribution in [2.75, 3.05) is 20.8 Å². The van der Waals surface area contributed by atoms with Gasteiger partial charge in [-0.2, -0.15) is 10.4 Å². The van der Waals surface area contributed by atoms with E-state index < -0.39 is 0 Å². The van der Waals surface area contributed by atoms with Crippen LogP contribution in [0.1, 0.15) is 31.1 Å². The first-order valence-electron chi connectivity index (χ1n) is 9.01. The van der Waals surface area contributed by atoms with Crippen LogP contribution in [0.25, 0.3) is 22.2 Å². The number of nitrogens with zero attached hydrogens (tertiary/aromatic N) is 3. The molecule has 0 saturated carbocycles. The molecule has 0 spiro atoms. The summed E-state index contributed by atoms with van der Waals surface area (Å²) >= 11 is 0. The Morgan fingerprint density at radius 3 is 2.67 bits per heavy atom. The Morgan fingerprint density at radius 2 is 1.96 bits per heavy atom. The minimum atomic E-state index is -0.0805. The molecule has 0 bridgehead atoms. The molecule has 1 aromatic heterocycles. The minimum Gasteiger partial charge on any atom is -0.493 e. The van der Waals surface area contributed by atoms with E-state index >= 15 is 0 Å². The average molecular weight is 363 g/mol. The largest absolute Gasteiger partial charge is 0.493 e. The molecule has 0 radical (unpaired) electrons. The van der Waals surface area contributed by atoms with Gasteiger partial charge in [0.25, 0.3) is 0 Å². The third-order valence-corrected chi connectivity index (χ3v) is 4.92. The van der Waals surface area contributed by atoms with Crippen molar-refractivity contribution in [2.24, 2.45) is 0 Å². The molecule has 0 aliphatic carbocycles. The second kappa shape index (κ2) is 7.29. The number of fused-ring (bicyclic) bond motifs is 1. The first kappa shape index (κ1) is 17.4. The van der Waals surface area contributed by atoms with Crippen molar-refractivity contribution in [3.05, 3.63) is 42.0 Å². The number of hydrogen-bond acceptors (Lipinski definition) is 5. The second-order valence-electron chi connectivity index (χ2n) is 6.53. The standard InChI is InChI=1S/C21H21N3O3/c1-25-18-9-7-15(12-19(18)26-2)21-16-11-14(13-22)6-8-17(16)24(23-21)20-5-3-4-10-27-20/h6-9,11-12,20H,3-5,10H2,1-2H3. The number of benzene rings is 2. The fraction of sp³-hybridized carbons (Fsp3) is 0.333. The number of ether oxygens (including phenoxy) is 3. The number of rotatable bonds is 4. The van der Waals surface area contributed by atoms with Gasteiger partial charge < -0.3 is 14.2 Å². The molecule has 2 heterocycles. The molecule has 138 valence electrons. The van der Waals surface area contributed by atoms with Crippen LogP contribution < -0.4 is 9.47 Å². The molecule has 6 nitrogen and oxygen atoms in total. The lowest BCUT2D eigenvalue weighted by Gasteiger charge is -2.23. The van der Waals surface area contributed by atoms with E-state index in [-0.39, 0.29) is 6.23 Å². The van der Waals surface area contributed by atoms with Crippen molar-refractivity contribution in [2.45, 2.75) is 25.5 Å². The highest BCUT2D eigenvalue weighted by Gasteiger charge is 2.22. The molecule has 2 aromatic carbocycles. The predicted molar refractivity (Wildman–Crippen MR) is 102 cm³/mol. The molecule has 6 heteroatoms. The number of aromatic nitrogens is 2. The Balaban J connectivity index is 1.90. The SMILES string of the molecule is COc1ccc(-c2nn(C3CCCCO3)c3ccc(C#N)cc23)cc1OC. The first-order chi connectivity index (χ1) is 13.2. The van der Waals surface area contributed by atoms with Gasteiger partial charge in [-0.1, -0.05) is 0 Å². The number of nitriles is 1. The summed E-state index contributed by atoms with van der Waals surface area (Å²) < 4.78 is 18.7. The Hall–Kier alpha value is -3.04. The zero-order valence-electron chi connectivity index (χ0n) is 15.4. The maximum absolute atomic E-state index is 9.33. The van der Waals surface area contributed by atoms with Crippen molar-refractivity contribution in [3.63, 3.8) is 0 Å². The summed E-state index contributed by atoms with van der Waals surface area (Å²) in [5.74, 6) is 1.31. The molecule has 1 aliphatic rings. The van der Waals surface area contributed by atoms with Crippen LogP contribution in [0.2, 0.25) is 0 Å². The highest BCUT2D eigenvalue weighted by Crippen LogP contribution is 2.37. The summed E-state index contributed by atoms with van der Waals surface area (Å²) in [5, 5.41) is 15.1. The van der Waals surface area contributed by atoms with E-state index in [1.807, 2.05) is 41.1 Å². The van der Waals surface area contributed by atoms with Gasteiger partial charge in [-0.15, -0.1) is 0 Å². The zero-order valence-corrected chi connectivity index (χ0v) is 15.4. The maximum atomic E-state index is 9.33. The Labute approximate surface area is 157 Å². The lowest BCUT2D eigenvalue weighted by molar-refractivity contribution is -0.0365. The fourth-order valence-electron chi connectivity index (χ4n) is 3.54. The van der Waals surface area contributed by atoms with E-state index in [1.165, 1.54) is 0 Å². The number of methoxy groups -OCH3 is 2. The smallest absolute Gasteiger partial charge is 0.161 e. The van der Waals surface area contributed by atoms with E-state index in [1.54, 1.807) is 14.2 Å². The van der Waals surface area contributed by atoms with E-state index in [9.17, 15) is 5.26 Å². The second-order valence-corrected chi connectivity index (χ2v) is 6.53. The van der Waals surface area contributed by atoms with Gasteiger partial charge in [0.15, 0.2) is 17.7 Å². The first-order valence-corrected chi connectivity index (χ1v) is 9.01. The van der Waals surface area contributed by atoms with E-state index in [4.69, 9.17) is 19.3 Å². The van der Waals surface area contributed by atoms with Gasteiger partial charge in [0.2, 0.25) is 0 Å². The molecular weight excluding hydrogens is 342 g/mol. The summed E-state index contributed by atoms with van der Waals surface area (Å²) in [6, 6.07) is 13.6. The van der Waals surface area contributed by atoms with E-state index in [0.29, 0.717) is 17.1 Å². The Kier molecular flexibility index (Phi) is 4.69. The molecule has 1 fully saturated rings. The molecule has 1 unspecified atom stereocenters. The lowest BCUT2D eigenvalue weighted by Crippen LogP contribution is -2.19. The van der Waals surface area contributed by atoms with Crippen LogP contribution in [0.4, 0.5) is 0 Å². The van der Waals surface area contributed by atoms with Crippen LogP contribution in [-0.4, -0.2) is 30.6 Å². The van der Waals surface area contributed by atoms with Crippen LogP contribution in [0.15, 0.2) is 36.4 Å². The Morgan fingerprint density at radius 1 is 1.11 bits per heavy atom. The van der Waals surface area contributed by atoms with Gasteiger partial charge in [-0.3, -0.25) is 0 Å². The fourth-order valence-corrected chi connectivity index (χ4v) is 3.54. The quantitative estimate of drug-likeness (QED) is 0.691. The van der Waals surface area contributed by atoms with Gasteiger partial charge in [0.05, 0.1) is 31.4 Å². The Bertz CT molecular complexity index is 1010. The highest BCUT2D eigenvalue weighted by atomic mass is 16.5. The predicted octanol–water partition coefficient (Wildman–Crippen LogP) is 4.29. The molecule has 27 heavy (non-hydrogen) atoms. The van der Waals surface area contributed by atoms with Gasteiger partial charge in [-0.05, 0) is 55.7 Å². The van der Waals surface area contributed by atoms with Crippen LogP contribution in [0.3, 0.4) is 0 Å². The third kappa shape index (κ3) is 3.11. The molecule has 4 rings (SSSR count). The van der Waals surface area contributed by atoms with Gasteiger partial charge in [-0.25, -0.2) is 4.68 Å². The van der Waals surface area contributed by atoms with Crippen molar-refractivity contribution in [1.29, 1.82) is 5.26 Å². The lowest BCUT2D eigenvalue weighted by atomic mass is 10.1. The summed E-state index contributed by atoms with van der Waals surface area (Å²) in [5.41, 5.74) is 3.28. The highest BCUT2D eigenvalue weighted by molar-refractivity contribution is 5.94. The molecular formula is C21H21N3O3. The van der Waals surface area contributed by atoms with E-state index in [0.717, 1.165) is 48.0 Å². The van der Waals surface area contributed by atoms with Gasteiger partial charge >= 0.3 is 0 Å². The van der Waals surface area contributed by atoms with Crippen molar-refractivity contribution in [1.82, 2.24) is 9.78 Å². The zero-order chi connectivity index (χ0) is 18.8. The number of hydrogen-bond donors (Lipinski definition) is 0. The summed E-state index contributed by atoms with van der Waals surface area (Å²) in [4.78, 5) is 0. The molecule has 1 saturated heterocycles. The molecule has 1 aliphatic heterocycles. The molecule has 0 N–H and O–H groups in total. The molecule has 3 aromatic rings. The molecule has 0 amide bonds. The summed E-state index contributed by atoms with van der Waals surface area (Å²) in [7, 11) is 3.23. The van der Waals surface area contributed by atoms with Crippen LogP contribution in [0.5, 0.6) is 11.5 Å². The average Bonchev–Trinajstić information content (AvgIpc) is 3.12. The maximum Gasteiger partial charge on any atom is 0.161 e. The normalized spacial score (nSPS) is 16.9. The third-order valence-electron chi connectivity index (χ3n) is 4.92. The van der Waals surface area contributed by atoms with Crippen LogP contribution in [0, 0.1) is 11.3 Å². The van der Waals surface area contributed by atoms with Crippen molar-refractivity contribution < 1.29 is 14.2 Å². The topological polar surface area (TPSA) is 69.3 Å². The summed E-state index contributed by atoms with van der Waals surface area (Å²) in [6.45, 7) is 0.744. The van der Waals surface area contributed by atoms with Crippen LogP contribution >= 0.6 is 0 Å². The monoisotopic (exact) mass is 363 g/mol.